The molecule has 0 aromatic carbocycles. The molecule has 0 spiro atoms. The first-order chi connectivity index (χ1) is 2.45. The fraction of sp³-hybridized carbons (Fsp3) is 0. The first-order valence-electron chi connectivity index (χ1n) is 1.13. The van der Waals surface area contributed by atoms with Crippen molar-refractivity contribution in [3.05, 3.63) is 0 Å². The Bertz CT molecular complexity index is 67.1. The molecule has 0 aliphatic rings. The van der Waals surface area contributed by atoms with Gasteiger partial charge in [-0.1, -0.05) is 0 Å². The van der Waals surface area contributed by atoms with Crippen molar-refractivity contribution < 1.29 is 56.2 Å². The van der Waals surface area contributed by atoms with Crippen LogP contribution in [0.2, 0.25) is 0 Å². The fourth-order valence-corrected chi connectivity index (χ4v) is 0. The molecule has 0 radical (unpaired) electrons. The standard InChI is InChI=1S/6FH.Zn.Zr/h6*1H;;/q;;;;;;+2;+4/p-6. The van der Waals surface area contributed by atoms with Crippen LogP contribution in [0.15, 0.2) is 0 Å². The van der Waals surface area contributed by atoms with E-state index in [0.717, 1.165) is 0 Å². The Balaban J connectivity index is 0. The summed E-state index contributed by atoms with van der Waals surface area (Å²) in [5.41, 5.74) is 0. The quantitative estimate of drug-likeness (QED) is 0.469. The van der Waals surface area contributed by atoms with Crippen LogP contribution in [0.25, 0.3) is 0 Å². The normalized spacial score (nSPS) is 20.2. The Labute approximate surface area is 56.2 Å². The molecule has 0 unspecified atom stereocenters. The fourth-order valence-electron chi connectivity index (χ4n) is 0. The van der Waals surface area contributed by atoms with Crippen molar-refractivity contribution in [3.8, 4) is 0 Å². The molecule has 0 nitrogen and oxygen atoms in total. The SMILES string of the molecule is [F][Zr-2]([F])([F])([F])([F])[F].[Zn+2]. The summed E-state index contributed by atoms with van der Waals surface area (Å²) in [5, 5.41) is 0. The minimum atomic E-state index is -11.3. The summed E-state index contributed by atoms with van der Waals surface area (Å²) in [6.07, 6.45) is 0. The van der Waals surface area contributed by atoms with E-state index in [4.69, 9.17) is 0 Å². The Kier molecular flexibility index (Phi) is 2.32. The number of rotatable bonds is 0. The summed E-state index contributed by atoms with van der Waals surface area (Å²) < 4.78 is 59.6. The number of hydrogen-bond acceptors (Lipinski definition) is 0. The molecule has 8 heavy (non-hydrogen) atoms. The molecule has 0 N–H and O–H groups in total. The first kappa shape index (κ1) is 11.8. The van der Waals surface area contributed by atoms with Gasteiger partial charge in [-0.25, -0.2) is 0 Å². The summed E-state index contributed by atoms with van der Waals surface area (Å²) in [4.78, 5) is 0. The van der Waals surface area contributed by atoms with Gasteiger partial charge in [-0.3, -0.25) is 0 Å². The van der Waals surface area contributed by atoms with Crippen molar-refractivity contribution in [3.63, 3.8) is 0 Å². The molecule has 0 saturated carbocycles. The molecule has 0 atom stereocenters. The molecule has 0 heterocycles. The van der Waals surface area contributed by atoms with Crippen LogP contribution in [0.3, 0.4) is 0 Å². The maximum Gasteiger partial charge on any atom is 2.00 e. The monoisotopic (exact) mass is 268 g/mol. The van der Waals surface area contributed by atoms with Gasteiger partial charge in [0, 0.05) is 0 Å². The summed E-state index contributed by atoms with van der Waals surface area (Å²) in [6, 6.07) is 0. The molecular weight excluding hydrogens is 271 g/mol. The molecule has 0 aliphatic heterocycles. The van der Waals surface area contributed by atoms with Gasteiger partial charge in [0.05, 0.1) is 0 Å². The van der Waals surface area contributed by atoms with Crippen LogP contribution in [0, 0.1) is 0 Å². The van der Waals surface area contributed by atoms with E-state index in [0.29, 0.717) is 0 Å². The summed E-state index contributed by atoms with van der Waals surface area (Å²) in [5.74, 6) is 0. The zero-order valence-electron chi connectivity index (χ0n) is 3.47. The van der Waals surface area contributed by atoms with E-state index in [-0.39, 0.29) is 19.5 Å². The molecule has 8 heteroatoms. The Morgan fingerprint density at radius 2 is 0.625 bits per heavy atom. The van der Waals surface area contributed by atoms with E-state index in [1.807, 2.05) is 0 Å². The van der Waals surface area contributed by atoms with E-state index in [9.17, 15) is 15.8 Å². The van der Waals surface area contributed by atoms with Crippen molar-refractivity contribution >= 4 is 0 Å². The third-order valence-electron chi connectivity index (χ3n) is 0. The van der Waals surface area contributed by atoms with Crippen LogP contribution in [0.4, 0.5) is 15.8 Å². The average Bonchev–Trinajstić information content (AvgIpc) is 0.592. The van der Waals surface area contributed by atoms with Gasteiger partial charge >= 0.3 is 56.2 Å². The second-order valence-electron chi connectivity index (χ2n) is 1.07. The number of halogens is 6. The summed E-state index contributed by atoms with van der Waals surface area (Å²) in [7, 11) is 0. The van der Waals surface area contributed by atoms with E-state index in [1.54, 1.807) is 0 Å². The smallest absolute Gasteiger partial charge is 2.00 e. The maximum atomic E-state index is 9.93. The molecule has 0 saturated heterocycles. The van der Waals surface area contributed by atoms with Gasteiger partial charge in [0.2, 0.25) is 0 Å². The molecule has 0 aromatic heterocycles. The molecule has 48 valence electrons. The Hall–Kier alpha value is 1.09. The molecule has 0 aromatic rings. The van der Waals surface area contributed by atoms with E-state index in [1.165, 1.54) is 0 Å². The van der Waals surface area contributed by atoms with Crippen molar-refractivity contribution in [2.75, 3.05) is 0 Å². The van der Waals surface area contributed by atoms with E-state index in [2.05, 4.69) is 0 Å². The number of hydrogen-bond donors (Lipinski definition) is 0. The predicted octanol–water partition coefficient (Wildman–Crippen LogP) is 2.52. The summed E-state index contributed by atoms with van der Waals surface area (Å²) >= 11 is -11.3. The second kappa shape index (κ2) is 1.57. The third kappa shape index (κ3) is 222. The van der Waals surface area contributed by atoms with Crippen LogP contribution < -0.4 is 0 Å². The van der Waals surface area contributed by atoms with E-state index < -0.39 is 21.0 Å². The van der Waals surface area contributed by atoms with Crippen molar-refractivity contribution in [1.29, 1.82) is 0 Å². The van der Waals surface area contributed by atoms with Crippen LogP contribution in [0.1, 0.15) is 0 Å². The van der Waals surface area contributed by atoms with Gasteiger partial charge in [-0.05, 0) is 0 Å². The van der Waals surface area contributed by atoms with Gasteiger partial charge in [-0.2, -0.15) is 0 Å². The van der Waals surface area contributed by atoms with Crippen LogP contribution in [-0.2, 0) is 40.4 Å². The molecule has 0 fully saturated rings. The largest absolute Gasteiger partial charge is 2.00 e. The molecule has 0 amide bonds. The minimum absolute atomic E-state index is 0. The average molecular weight is 271 g/mol. The van der Waals surface area contributed by atoms with Gasteiger partial charge in [-0.15, -0.1) is 0 Å². The minimum Gasteiger partial charge on any atom is 2.00 e. The van der Waals surface area contributed by atoms with Crippen molar-refractivity contribution in [2.45, 2.75) is 0 Å². The Morgan fingerprint density at radius 1 is 0.625 bits per heavy atom. The van der Waals surface area contributed by atoms with Gasteiger partial charge < -0.3 is 0 Å². The molecular formula is F6ZnZr. The van der Waals surface area contributed by atoms with Crippen molar-refractivity contribution in [2.24, 2.45) is 0 Å². The predicted molar refractivity (Wildman–Crippen MR) is 6.65 cm³/mol. The van der Waals surface area contributed by atoms with Gasteiger partial charge in [0.15, 0.2) is 0 Å². The van der Waals surface area contributed by atoms with Gasteiger partial charge in [0.25, 0.3) is 0 Å². The van der Waals surface area contributed by atoms with Crippen LogP contribution in [-0.4, -0.2) is 0 Å². The maximum absolute atomic E-state index is 11.3. The van der Waals surface area contributed by atoms with E-state index >= 15 is 0 Å². The molecule has 0 rings (SSSR count). The second-order valence-corrected chi connectivity index (χ2v) is 6.34. The van der Waals surface area contributed by atoms with Crippen molar-refractivity contribution in [1.82, 2.24) is 0 Å². The first-order valence-corrected chi connectivity index (χ1v) is 6.71. The van der Waals surface area contributed by atoms with Crippen LogP contribution >= 0.6 is 0 Å². The molecule has 0 aliphatic carbocycles. The third-order valence-corrected chi connectivity index (χ3v) is 0. The van der Waals surface area contributed by atoms with Gasteiger partial charge in [0.1, 0.15) is 0 Å². The molecule has 0 bridgehead atoms. The zero-order chi connectivity index (χ0) is 6.41. The summed E-state index contributed by atoms with van der Waals surface area (Å²) in [6.45, 7) is 0. The Morgan fingerprint density at radius 3 is 0.625 bits per heavy atom. The zero-order valence-corrected chi connectivity index (χ0v) is 8.90. The topological polar surface area (TPSA) is 0 Å². The van der Waals surface area contributed by atoms with Crippen LogP contribution in [0.5, 0.6) is 0 Å².